The van der Waals surface area contributed by atoms with Gasteiger partial charge in [0, 0.05) is 24.0 Å². The Labute approximate surface area is 165 Å². The first kappa shape index (κ1) is 20.8. The van der Waals surface area contributed by atoms with Gasteiger partial charge < -0.3 is 16.0 Å². The number of nitrogens with zero attached hydrogens (tertiary/aromatic N) is 2. The van der Waals surface area contributed by atoms with E-state index >= 15 is 0 Å². The van der Waals surface area contributed by atoms with Gasteiger partial charge in [-0.25, -0.2) is 13.4 Å². The summed E-state index contributed by atoms with van der Waals surface area (Å²) >= 11 is 0. The van der Waals surface area contributed by atoms with Crippen molar-refractivity contribution in [1.82, 2.24) is 9.97 Å². The van der Waals surface area contributed by atoms with Crippen LogP contribution >= 0.6 is 0 Å². The number of alkyl halides is 3. The monoisotopic (exact) mass is 428 g/mol. The summed E-state index contributed by atoms with van der Waals surface area (Å²) in [6, 6.07) is 4.45. The molecule has 8 nitrogen and oxygen atoms in total. The highest BCUT2D eigenvalue weighted by atomic mass is 32.2. The van der Waals surface area contributed by atoms with E-state index in [2.05, 4.69) is 25.3 Å². The first-order valence-electron chi connectivity index (χ1n) is 8.66. The molecule has 1 aromatic heterocycles. The lowest BCUT2D eigenvalue weighted by atomic mass is 9.93. The lowest BCUT2D eigenvalue weighted by molar-refractivity contribution is -0.137. The number of aromatic nitrogens is 2. The van der Waals surface area contributed by atoms with Crippen LogP contribution in [0.25, 0.3) is 0 Å². The molecule has 156 valence electrons. The van der Waals surface area contributed by atoms with Crippen LogP contribution in [0.4, 0.5) is 36.3 Å². The second-order valence-electron chi connectivity index (χ2n) is 6.64. The van der Waals surface area contributed by atoms with Crippen molar-refractivity contribution in [2.75, 3.05) is 21.6 Å². The normalized spacial score (nSPS) is 14.8. The Bertz CT molecular complexity index is 1020. The maximum absolute atomic E-state index is 13.3. The first-order valence-corrected chi connectivity index (χ1v) is 10.5. The van der Waals surface area contributed by atoms with E-state index in [1.54, 1.807) is 0 Å². The van der Waals surface area contributed by atoms with E-state index < -0.39 is 21.8 Å². The summed E-state index contributed by atoms with van der Waals surface area (Å²) in [5.74, 6) is -0.430. The van der Waals surface area contributed by atoms with E-state index in [0.29, 0.717) is 6.20 Å². The number of sulfonamides is 1. The van der Waals surface area contributed by atoms with Gasteiger partial charge in [0.15, 0.2) is 0 Å². The van der Waals surface area contributed by atoms with Gasteiger partial charge in [-0.1, -0.05) is 6.07 Å². The van der Waals surface area contributed by atoms with E-state index in [-0.39, 0.29) is 34.7 Å². The second kappa shape index (κ2) is 7.85. The number of hydrogen-bond acceptors (Lipinski definition) is 7. The molecule has 1 aromatic carbocycles. The van der Waals surface area contributed by atoms with E-state index in [4.69, 9.17) is 5.41 Å². The fourth-order valence-electron chi connectivity index (χ4n) is 2.74. The second-order valence-corrected chi connectivity index (χ2v) is 8.38. The molecule has 0 atom stereocenters. The molecule has 0 saturated heterocycles. The Balaban J connectivity index is 1.94. The molecule has 2 aromatic rings. The molecular formula is C17H19F3N6O2S. The summed E-state index contributed by atoms with van der Waals surface area (Å²) < 4.78 is 65.1. The number of rotatable bonds is 7. The minimum Gasteiger partial charge on any atom is -0.367 e. The highest BCUT2D eigenvalue weighted by Crippen LogP contribution is 2.36. The zero-order valence-corrected chi connectivity index (χ0v) is 16.2. The van der Waals surface area contributed by atoms with E-state index in [9.17, 15) is 21.6 Å². The van der Waals surface area contributed by atoms with Crippen LogP contribution in [0.15, 0.2) is 24.4 Å². The Kier molecular flexibility index (Phi) is 5.64. The predicted octanol–water partition coefficient (Wildman–Crippen LogP) is 3.57. The molecular weight excluding hydrogens is 409 g/mol. The molecule has 1 saturated carbocycles. The van der Waals surface area contributed by atoms with Gasteiger partial charge in [-0.2, -0.15) is 18.2 Å². The summed E-state index contributed by atoms with van der Waals surface area (Å²) in [4.78, 5) is 7.70. The Hall–Kier alpha value is -2.89. The van der Waals surface area contributed by atoms with E-state index in [1.165, 1.54) is 18.2 Å². The maximum atomic E-state index is 13.3. The van der Waals surface area contributed by atoms with Crippen LogP contribution in [0.1, 0.15) is 30.4 Å². The molecule has 1 fully saturated rings. The van der Waals surface area contributed by atoms with Gasteiger partial charge in [0.1, 0.15) is 11.4 Å². The maximum Gasteiger partial charge on any atom is 0.421 e. The van der Waals surface area contributed by atoms with Gasteiger partial charge in [-0.15, -0.1) is 0 Å². The smallest absolute Gasteiger partial charge is 0.367 e. The lowest BCUT2D eigenvalue weighted by Gasteiger charge is -2.28. The van der Waals surface area contributed by atoms with Crippen LogP contribution in [0, 0.1) is 5.41 Å². The van der Waals surface area contributed by atoms with Crippen molar-refractivity contribution in [3.8, 4) is 0 Å². The third-order valence-corrected chi connectivity index (χ3v) is 4.92. The predicted molar refractivity (Wildman–Crippen MR) is 104 cm³/mol. The molecule has 3 rings (SSSR count). The van der Waals surface area contributed by atoms with Crippen molar-refractivity contribution in [2.45, 2.75) is 31.5 Å². The Morgan fingerprint density at radius 1 is 1.24 bits per heavy atom. The Morgan fingerprint density at radius 3 is 2.48 bits per heavy atom. The zero-order chi connectivity index (χ0) is 21.2. The van der Waals surface area contributed by atoms with Crippen molar-refractivity contribution in [2.24, 2.45) is 0 Å². The van der Waals surface area contributed by atoms with Gasteiger partial charge in [-0.3, -0.25) is 4.72 Å². The SMILES string of the molecule is CS(=O)(=O)Nc1cccc(Nc2ncc(C(F)(F)F)c(NC3CCC3)n2)c1C=N. The molecule has 0 bridgehead atoms. The van der Waals surface area contributed by atoms with Crippen LogP contribution in [0.5, 0.6) is 0 Å². The molecule has 0 aliphatic heterocycles. The third-order valence-electron chi connectivity index (χ3n) is 4.33. The van der Waals surface area contributed by atoms with Crippen LogP contribution in [-0.2, 0) is 16.2 Å². The molecule has 4 N–H and O–H groups in total. The minimum atomic E-state index is -4.61. The summed E-state index contributed by atoms with van der Waals surface area (Å²) in [6.45, 7) is 0. The highest BCUT2D eigenvalue weighted by Gasteiger charge is 2.36. The van der Waals surface area contributed by atoms with Crippen LogP contribution in [0.3, 0.4) is 0 Å². The molecule has 12 heteroatoms. The fraction of sp³-hybridized carbons (Fsp3) is 0.353. The molecule has 1 heterocycles. The van der Waals surface area contributed by atoms with Crippen LogP contribution in [0.2, 0.25) is 0 Å². The van der Waals surface area contributed by atoms with Crippen molar-refractivity contribution in [1.29, 1.82) is 5.41 Å². The molecule has 0 amide bonds. The number of benzene rings is 1. The van der Waals surface area contributed by atoms with E-state index in [1.807, 2.05) is 0 Å². The zero-order valence-electron chi connectivity index (χ0n) is 15.3. The number of nitrogens with one attached hydrogen (secondary N) is 4. The summed E-state index contributed by atoms with van der Waals surface area (Å²) in [6.07, 6.45) is 0.454. The minimum absolute atomic E-state index is 0.0710. The van der Waals surface area contributed by atoms with Gasteiger partial charge >= 0.3 is 6.18 Å². The highest BCUT2D eigenvalue weighted by molar-refractivity contribution is 7.92. The molecule has 1 aliphatic carbocycles. The number of hydrogen-bond donors (Lipinski definition) is 4. The average molecular weight is 428 g/mol. The quantitative estimate of drug-likeness (QED) is 0.501. The first-order chi connectivity index (χ1) is 13.6. The van der Waals surface area contributed by atoms with Crippen LogP contribution in [-0.4, -0.2) is 36.9 Å². The largest absolute Gasteiger partial charge is 0.421 e. The topological polar surface area (TPSA) is 120 Å². The molecule has 29 heavy (non-hydrogen) atoms. The third kappa shape index (κ3) is 5.13. The standard InChI is InChI=1S/C17H19F3N6O2S/c1-29(27,28)26-14-7-3-6-13(11(14)8-21)24-16-22-9-12(17(18,19)20)15(25-16)23-10-4-2-5-10/h3,6-10,21,26H,2,4-5H2,1H3,(H2,22,23,24,25). The van der Waals surface area contributed by atoms with Gasteiger partial charge in [0.2, 0.25) is 16.0 Å². The lowest BCUT2D eigenvalue weighted by Crippen LogP contribution is -2.29. The van der Waals surface area contributed by atoms with Crippen molar-refractivity contribution in [3.05, 3.63) is 35.5 Å². The Morgan fingerprint density at radius 2 is 1.93 bits per heavy atom. The summed E-state index contributed by atoms with van der Waals surface area (Å²) in [5, 5.41) is 13.1. The molecule has 0 spiro atoms. The molecule has 0 unspecified atom stereocenters. The van der Waals surface area contributed by atoms with Crippen molar-refractivity contribution >= 4 is 39.4 Å². The van der Waals surface area contributed by atoms with Gasteiger partial charge in [-0.05, 0) is 31.4 Å². The molecule has 0 radical (unpaired) electrons. The van der Waals surface area contributed by atoms with Gasteiger partial charge in [0.05, 0.1) is 17.6 Å². The number of halogens is 3. The molecule has 1 aliphatic rings. The summed E-state index contributed by atoms with van der Waals surface area (Å²) in [7, 11) is -3.59. The average Bonchev–Trinajstić information content (AvgIpc) is 2.56. The van der Waals surface area contributed by atoms with Crippen molar-refractivity contribution < 1.29 is 21.6 Å². The summed E-state index contributed by atoms with van der Waals surface area (Å²) in [5.41, 5.74) is -0.361. The number of anilines is 4. The van der Waals surface area contributed by atoms with Crippen molar-refractivity contribution in [3.63, 3.8) is 0 Å². The van der Waals surface area contributed by atoms with E-state index in [0.717, 1.165) is 31.7 Å². The van der Waals surface area contributed by atoms with Crippen LogP contribution < -0.4 is 15.4 Å². The fourth-order valence-corrected chi connectivity index (χ4v) is 3.32. The van der Waals surface area contributed by atoms with Gasteiger partial charge in [0.25, 0.3) is 0 Å².